The van der Waals surface area contributed by atoms with Crippen LogP contribution in [0, 0.1) is 5.92 Å². The highest BCUT2D eigenvalue weighted by atomic mass is 16.2. The molecular formula is C24H38N4O2. The van der Waals surface area contributed by atoms with E-state index in [-0.39, 0.29) is 11.9 Å². The summed E-state index contributed by atoms with van der Waals surface area (Å²) in [5, 5.41) is 2.93. The fraction of sp³-hybridized carbons (Fsp3) is 0.667. The van der Waals surface area contributed by atoms with Crippen LogP contribution in [0.15, 0.2) is 24.3 Å². The van der Waals surface area contributed by atoms with Crippen LogP contribution in [-0.2, 0) is 11.3 Å². The minimum absolute atomic E-state index is 0.0826. The zero-order chi connectivity index (χ0) is 21.9. The fourth-order valence-electron chi connectivity index (χ4n) is 4.18. The summed E-state index contributed by atoms with van der Waals surface area (Å²) < 4.78 is 0. The molecule has 1 aromatic carbocycles. The summed E-state index contributed by atoms with van der Waals surface area (Å²) in [5.74, 6) is 0.983. The molecule has 2 aliphatic heterocycles. The molecule has 2 aliphatic rings. The quantitative estimate of drug-likeness (QED) is 0.660. The number of benzene rings is 1. The van der Waals surface area contributed by atoms with Gasteiger partial charge in [-0.05, 0) is 42.7 Å². The van der Waals surface area contributed by atoms with Crippen LogP contribution in [0.5, 0.6) is 0 Å². The number of imide groups is 1. The highest BCUT2D eigenvalue weighted by Gasteiger charge is 2.47. The second-order valence-electron chi connectivity index (χ2n) is 9.86. The maximum absolute atomic E-state index is 12.9. The number of piperazine rings is 1. The second-order valence-corrected chi connectivity index (χ2v) is 9.86. The van der Waals surface area contributed by atoms with E-state index in [2.05, 4.69) is 67.1 Å². The Balaban J connectivity index is 1.48. The molecule has 6 nitrogen and oxygen atoms in total. The zero-order valence-corrected chi connectivity index (χ0v) is 19.3. The van der Waals surface area contributed by atoms with E-state index < -0.39 is 5.54 Å². The molecule has 0 aliphatic carbocycles. The predicted molar refractivity (Wildman–Crippen MR) is 120 cm³/mol. The van der Waals surface area contributed by atoms with E-state index >= 15 is 0 Å². The van der Waals surface area contributed by atoms with Gasteiger partial charge in [-0.15, -0.1) is 0 Å². The summed E-state index contributed by atoms with van der Waals surface area (Å²) in [7, 11) is 0. The lowest BCUT2D eigenvalue weighted by Gasteiger charge is -2.36. The van der Waals surface area contributed by atoms with Crippen LogP contribution in [-0.4, -0.2) is 65.0 Å². The normalized spacial score (nSPS) is 23.6. The van der Waals surface area contributed by atoms with Crippen molar-refractivity contribution < 1.29 is 9.59 Å². The molecule has 166 valence electrons. The predicted octanol–water partition coefficient (Wildman–Crippen LogP) is 3.63. The van der Waals surface area contributed by atoms with E-state index in [1.54, 1.807) is 0 Å². The Morgan fingerprint density at radius 2 is 1.57 bits per heavy atom. The number of hydrogen-bond acceptors (Lipinski definition) is 4. The molecule has 30 heavy (non-hydrogen) atoms. The Labute approximate surface area is 181 Å². The van der Waals surface area contributed by atoms with Crippen LogP contribution < -0.4 is 5.32 Å². The number of rotatable bonds is 8. The first-order valence-corrected chi connectivity index (χ1v) is 11.4. The van der Waals surface area contributed by atoms with Crippen molar-refractivity contribution in [2.24, 2.45) is 5.92 Å². The summed E-state index contributed by atoms with van der Waals surface area (Å²) in [6, 6.07) is 8.66. The lowest BCUT2D eigenvalue weighted by atomic mass is 9.92. The molecule has 0 radical (unpaired) electrons. The number of nitrogens with zero attached hydrogens (tertiary/aromatic N) is 3. The summed E-state index contributed by atoms with van der Waals surface area (Å²) in [6.45, 7) is 15.5. The third-order valence-electron chi connectivity index (χ3n) is 6.43. The fourth-order valence-corrected chi connectivity index (χ4v) is 4.18. The van der Waals surface area contributed by atoms with Gasteiger partial charge in [-0.2, -0.15) is 0 Å². The standard InChI is InChI=1S/C24H38N4O2/c1-18(2)10-11-24(5)22(29)28(23(30)25-24)17-27-14-12-26(13-15-27)16-20-6-8-21(9-7-20)19(3)4/h6-9,18-19H,10-17H2,1-5H3,(H,25,30)/t24-/m0/s1. The average molecular weight is 415 g/mol. The Kier molecular flexibility index (Phi) is 7.19. The molecule has 0 aromatic heterocycles. The maximum Gasteiger partial charge on any atom is 0.326 e. The van der Waals surface area contributed by atoms with Crippen LogP contribution in [0.2, 0.25) is 0 Å². The molecule has 0 bridgehead atoms. The van der Waals surface area contributed by atoms with Crippen molar-refractivity contribution in [1.29, 1.82) is 0 Å². The first-order valence-electron chi connectivity index (χ1n) is 11.4. The molecule has 2 fully saturated rings. The van der Waals surface area contributed by atoms with Crippen molar-refractivity contribution in [3.05, 3.63) is 35.4 Å². The smallest absolute Gasteiger partial charge is 0.323 e. The van der Waals surface area contributed by atoms with E-state index in [0.29, 0.717) is 24.9 Å². The number of amides is 3. The van der Waals surface area contributed by atoms with Crippen molar-refractivity contribution in [2.75, 3.05) is 32.8 Å². The molecule has 3 amide bonds. The van der Waals surface area contributed by atoms with Gasteiger partial charge in [0.05, 0.1) is 6.67 Å². The summed E-state index contributed by atoms with van der Waals surface area (Å²) in [6.07, 6.45) is 1.61. The highest BCUT2D eigenvalue weighted by molar-refractivity contribution is 6.06. The zero-order valence-electron chi connectivity index (χ0n) is 19.3. The average Bonchev–Trinajstić information content (AvgIpc) is 2.92. The van der Waals surface area contributed by atoms with Gasteiger partial charge in [0.25, 0.3) is 5.91 Å². The molecule has 3 rings (SSSR count). The molecule has 2 heterocycles. The third kappa shape index (κ3) is 5.41. The molecule has 0 spiro atoms. The molecule has 1 aromatic rings. The Morgan fingerprint density at radius 1 is 0.967 bits per heavy atom. The highest BCUT2D eigenvalue weighted by Crippen LogP contribution is 2.25. The van der Waals surface area contributed by atoms with Crippen LogP contribution in [0.1, 0.15) is 64.5 Å². The second kappa shape index (κ2) is 9.48. The Hall–Kier alpha value is -1.92. The van der Waals surface area contributed by atoms with E-state index in [1.165, 1.54) is 16.0 Å². The Bertz CT molecular complexity index is 738. The van der Waals surface area contributed by atoms with Crippen molar-refractivity contribution in [2.45, 2.75) is 65.5 Å². The van der Waals surface area contributed by atoms with Crippen LogP contribution in [0.4, 0.5) is 4.79 Å². The van der Waals surface area contributed by atoms with Crippen LogP contribution in [0.25, 0.3) is 0 Å². The van der Waals surface area contributed by atoms with Crippen molar-refractivity contribution in [3.63, 3.8) is 0 Å². The first-order chi connectivity index (χ1) is 14.2. The topological polar surface area (TPSA) is 55.9 Å². The molecule has 0 unspecified atom stereocenters. The number of urea groups is 1. The summed E-state index contributed by atoms with van der Waals surface area (Å²) in [4.78, 5) is 31.4. The van der Waals surface area contributed by atoms with Gasteiger partial charge in [0.2, 0.25) is 0 Å². The van der Waals surface area contributed by atoms with Crippen molar-refractivity contribution in [3.8, 4) is 0 Å². The van der Waals surface area contributed by atoms with Crippen molar-refractivity contribution >= 4 is 11.9 Å². The Morgan fingerprint density at radius 3 is 2.13 bits per heavy atom. The van der Waals surface area contributed by atoms with Gasteiger partial charge in [0.15, 0.2) is 0 Å². The van der Waals surface area contributed by atoms with Gasteiger partial charge in [0.1, 0.15) is 5.54 Å². The lowest BCUT2D eigenvalue weighted by molar-refractivity contribution is -0.132. The van der Waals surface area contributed by atoms with Crippen LogP contribution in [0.3, 0.4) is 0 Å². The van der Waals surface area contributed by atoms with Crippen molar-refractivity contribution in [1.82, 2.24) is 20.0 Å². The minimum Gasteiger partial charge on any atom is -0.323 e. The van der Waals surface area contributed by atoms with Crippen LogP contribution >= 0.6 is 0 Å². The number of carbonyl (C=O) groups is 2. The monoisotopic (exact) mass is 414 g/mol. The summed E-state index contributed by atoms with van der Waals surface area (Å²) in [5.41, 5.74) is 1.95. The molecular weight excluding hydrogens is 376 g/mol. The van der Waals surface area contributed by atoms with E-state index in [4.69, 9.17) is 0 Å². The SMILES string of the molecule is CC(C)CC[C@]1(C)NC(=O)N(CN2CCN(Cc3ccc(C(C)C)cc3)CC2)C1=O. The van der Waals surface area contributed by atoms with Gasteiger partial charge in [-0.3, -0.25) is 14.6 Å². The molecule has 0 saturated carbocycles. The van der Waals surface area contributed by atoms with E-state index in [9.17, 15) is 9.59 Å². The van der Waals surface area contributed by atoms with Gasteiger partial charge in [0, 0.05) is 32.7 Å². The van der Waals surface area contributed by atoms with E-state index in [1.807, 2.05) is 6.92 Å². The molecule has 1 atom stereocenters. The minimum atomic E-state index is -0.759. The summed E-state index contributed by atoms with van der Waals surface area (Å²) >= 11 is 0. The number of nitrogens with one attached hydrogen (secondary N) is 1. The molecule has 1 N–H and O–H groups in total. The van der Waals surface area contributed by atoms with Gasteiger partial charge < -0.3 is 5.32 Å². The van der Waals surface area contributed by atoms with Gasteiger partial charge >= 0.3 is 6.03 Å². The lowest BCUT2D eigenvalue weighted by Crippen LogP contribution is -2.51. The molecule has 2 saturated heterocycles. The number of hydrogen-bond donors (Lipinski definition) is 1. The largest absolute Gasteiger partial charge is 0.326 e. The maximum atomic E-state index is 12.9. The third-order valence-corrected chi connectivity index (χ3v) is 6.43. The number of carbonyl (C=O) groups excluding carboxylic acids is 2. The molecule has 6 heteroatoms. The van der Waals surface area contributed by atoms with E-state index in [0.717, 1.165) is 39.1 Å². The van der Waals surface area contributed by atoms with Gasteiger partial charge in [-0.25, -0.2) is 9.69 Å². The van der Waals surface area contributed by atoms with Gasteiger partial charge in [-0.1, -0.05) is 52.0 Å². The first kappa shape index (κ1) is 22.8.